The molecule has 0 atom stereocenters. The Morgan fingerprint density at radius 1 is 1.25 bits per heavy atom. The van der Waals surface area contributed by atoms with Crippen LogP contribution in [0.4, 0.5) is 0 Å². The van der Waals surface area contributed by atoms with Crippen molar-refractivity contribution in [3.8, 4) is 0 Å². The first-order valence-electron chi connectivity index (χ1n) is 10.8. The molecule has 0 spiro atoms. The molecular formula is C23H37N3O2. The Morgan fingerprint density at radius 2 is 2.07 bits per heavy atom. The number of allylic oxidation sites excluding steroid dienone is 2. The van der Waals surface area contributed by atoms with E-state index in [0.29, 0.717) is 13.2 Å². The number of aliphatic imine (C=N–C) groups is 1. The summed E-state index contributed by atoms with van der Waals surface area (Å²) in [7, 11) is 0. The average molecular weight is 388 g/mol. The maximum absolute atomic E-state index is 10.7. The number of rotatable bonds is 15. The molecule has 0 aromatic rings. The van der Waals surface area contributed by atoms with Crippen LogP contribution in [0.2, 0.25) is 0 Å². The van der Waals surface area contributed by atoms with Gasteiger partial charge in [-0.25, -0.2) is 4.99 Å². The Balaban J connectivity index is 1.80. The van der Waals surface area contributed by atoms with E-state index in [2.05, 4.69) is 33.5 Å². The summed E-state index contributed by atoms with van der Waals surface area (Å²) in [4.78, 5) is 19.7. The summed E-state index contributed by atoms with van der Waals surface area (Å²) < 4.78 is 5.66. The minimum absolute atomic E-state index is 0.409. The number of hydrogen-bond donors (Lipinski definition) is 0. The van der Waals surface area contributed by atoms with E-state index in [1.165, 1.54) is 50.8 Å². The number of aldehydes is 1. The molecule has 28 heavy (non-hydrogen) atoms. The summed E-state index contributed by atoms with van der Waals surface area (Å²) in [5.74, 6) is 0.738. The van der Waals surface area contributed by atoms with Gasteiger partial charge >= 0.3 is 0 Å². The van der Waals surface area contributed by atoms with Crippen LogP contribution in [0.15, 0.2) is 41.4 Å². The maximum Gasteiger partial charge on any atom is 0.139 e. The van der Waals surface area contributed by atoms with Gasteiger partial charge in [-0.3, -0.25) is 4.90 Å². The zero-order valence-electron chi connectivity index (χ0n) is 17.3. The van der Waals surface area contributed by atoms with E-state index < -0.39 is 0 Å². The predicted molar refractivity (Wildman–Crippen MR) is 117 cm³/mol. The Bertz CT molecular complexity index is 532. The van der Waals surface area contributed by atoms with Gasteiger partial charge in [0.25, 0.3) is 0 Å². The van der Waals surface area contributed by atoms with E-state index in [-0.39, 0.29) is 0 Å². The summed E-state index contributed by atoms with van der Waals surface area (Å²) in [6.45, 7) is 10.1. The molecule has 1 heterocycles. The van der Waals surface area contributed by atoms with Gasteiger partial charge in [0.15, 0.2) is 0 Å². The van der Waals surface area contributed by atoms with Gasteiger partial charge in [0.05, 0.1) is 12.9 Å². The van der Waals surface area contributed by atoms with E-state index >= 15 is 0 Å². The van der Waals surface area contributed by atoms with Crippen LogP contribution < -0.4 is 0 Å². The van der Waals surface area contributed by atoms with Crippen molar-refractivity contribution in [3.63, 3.8) is 0 Å². The van der Waals surface area contributed by atoms with E-state index in [1.54, 1.807) is 0 Å². The Morgan fingerprint density at radius 3 is 2.75 bits per heavy atom. The fourth-order valence-corrected chi connectivity index (χ4v) is 3.50. The molecular weight excluding hydrogens is 350 g/mol. The lowest BCUT2D eigenvalue weighted by Gasteiger charge is -2.24. The molecule has 0 aromatic carbocycles. The molecule has 0 unspecified atom stereocenters. The fraction of sp³-hybridized carbons (Fsp3) is 0.652. The number of carbonyl (C=O) groups is 1. The molecule has 5 nitrogen and oxygen atoms in total. The minimum atomic E-state index is 0.409. The lowest BCUT2D eigenvalue weighted by molar-refractivity contribution is -0.107. The van der Waals surface area contributed by atoms with Crippen molar-refractivity contribution in [2.45, 2.75) is 44.9 Å². The fourth-order valence-electron chi connectivity index (χ4n) is 3.50. The predicted octanol–water partition coefficient (Wildman–Crippen LogP) is 3.83. The first kappa shape index (κ1) is 22.6. The average Bonchev–Trinajstić information content (AvgIpc) is 3.16. The van der Waals surface area contributed by atoms with E-state index in [1.807, 2.05) is 18.5 Å². The molecule has 0 radical (unpaired) electrons. The molecule has 0 N–H and O–H groups in total. The van der Waals surface area contributed by atoms with Gasteiger partial charge in [0, 0.05) is 26.1 Å². The van der Waals surface area contributed by atoms with Crippen molar-refractivity contribution < 1.29 is 9.53 Å². The highest BCUT2D eigenvalue weighted by molar-refractivity contribution is 5.56. The van der Waals surface area contributed by atoms with Crippen molar-refractivity contribution >= 4 is 12.6 Å². The number of hydrogen-bond acceptors (Lipinski definition) is 4. The third-order valence-electron chi connectivity index (χ3n) is 5.37. The Labute approximate surface area is 170 Å². The van der Waals surface area contributed by atoms with Gasteiger partial charge in [0.1, 0.15) is 13.0 Å². The van der Waals surface area contributed by atoms with Crippen LogP contribution in [0.25, 0.3) is 0 Å². The number of unbranched alkanes of at least 4 members (excludes halogenated alkanes) is 1. The molecule has 156 valence electrons. The summed E-state index contributed by atoms with van der Waals surface area (Å²) in [6, 6.07) is 0. The van der Waals surface area contributed by atoms with Crippen LogP contribution in [0.1, 0.15) is 44.9 Å². The number of ether oxygens (including phenoxy) is 1. The van der Waals surface area contributed by atoms with Crippen LogP contribution in [0.3, 0.4) is 0 Å². The van der Waals surface area contributed by atoms with Crippen molar-refractivity contribution in [1.29, 1.82) is 0 Å². The smallest absolute Gasteiger partial charge is 0.139 e. The lowest BCUT2D eigenvalue weighted by atomic mass is 9.86. The highest BCUT2D eigenvalue weighted by Gasteiger charge is 2.16. The molecule has 1 saturated heterocycles. The highest BCUT2D eigenvalue weighted by atomic mass is 16.5. The second kappa shape index (κ2) is 14.3. The van der Waals surface area contributed by atoms with Gasteiger partial charge in [-0.2, -0.15) is 0 Å². The van der Waals surface area contributed by atoms with Crippen LogP contribution in [-0.4, -0.2) is 68.5 Å². The number of likely N-dealkylation sites (tertiary alicyclic amines) is 1. The van der Waals surface area contributed by atoms with Crippen LogP contribution in [0.5, 0.6) is 0 Å². The molecule has 0 aromatic heterocycles. The largest absolute Gasteiger partial charge is 0.359 e. The first-order valence-corrected chi connectivity index (χ1v) is 10.8. The van der Waals surface area contributed by atoms with E-state index in [9.17, 15) is 4.79 Å². The monoisotopic (exact) mass is 387 g/mol. The third-order valence-corrected chi connectivity index (χ3v) is 5.37. The van der Waals surface area contributed by atoms with Gasteiger partial charge < -0.3 is 14.4 Å². The van der Waals surface area contributed by atoms with E-state index in [0.717, 1.165) is 44.9 Å². The van der Waals surface area contributed by atoms with Crippen LogP contribution in [0, 0.1) is 5.92 Å². The van der Waals surface area contributed by atoms with Crippen molar-refractivity contribution in [2.24, 2.45) is 10.9 Å². The quantitative estimate of drug-likeness (QED) is 0.141. The van der Waals surface area contributed by atoms with Gasteiger partial charge in [-0.1, -0.05) is 37.3 Å². The Hall–Kier alpha value is -1.72. The third kappa shape index (κ3) is 9.47. The van der Waals surface area contributed by atoms with Gasteiger partial charge in [0.2, 0.25) is 0 Å². The Kier molecular flexibility index (Phi) is 11.5. The second-order valence-electron chi connectivity index (χ2n) is 7.76. The minimum Gasteiger partial charge on any atom is -0.359 e. The van der Waals surface area contributed by atoms with Gasteiger partial charge in [-0.05, 0) is 56.7 Å². The molecule has 1 aliphatic heterocycles. The highest BCUT2D eigenvalue weighted by Crippen LogP contribution is 2.26. The zero-order chi connectivity index (χ0) is 19.9. The van der Waals surface area contributed by atoms with Crippen LogP contribution in [-0.2, 0) is 9.53 Å². The maximum atomic E-state index is 10.7. The normalized spacial score (nSPS) is 18.8. The molecule has 0 amide bonds. The van der Waals surface area contributed by atoms with Gasteiger partial charge in [-0.15, -0.1) is 0 Å². The standard InChI is InChI=1S/C23H37N3O2/c1-2-9-22(12-8-16-25-13-3-4-14-25)18-26(15-5-6-17-27)20-24-21-28-19-23-10-7-11-23/h2,8-9,12,17,20,23H,1,3-7,10-11,13-16,18-19,21H2/b12-8+,22-9+,24-20+. The molecule has 5 heteroatoms. The zero-order valence-corrected chi connectivity index (χ0v) is 17.3. The molecule has 0 bridgehead atoms. The van der Waals surface area contributed by atoms with Crippen molar-refractivity contribution in [2.75, 3.05) is 46.1 Å². The number of nitrogens with zero attached hydrogens (tertiary/aromatic N) is 3. The molecule has 2 rings (SSSR count). The van der Waals surface area contributed by atoms with E-state index in [4.69, 9.17) is 4.74 Å². The SMILES string of the molecule is C=C/C=C(\C=C\CN1CCCC1)CN(/C=N/COCC1CCC1)CCCC=O. The van der Waals surface area contributed by atoms with Crippen molar-refractivity contribution in [3.05, 3.63) is 36.5 Å². The lowest BCUT2D eigenvalue weighted by Crippen LogP contribution is -2.26. The summed E-state index contributed by atoms with van der Waals surface area (Å²) in [6.07, 6.45) is 19.1. The summed E-state index contributed by atoms with van der Waals surface area (Å²) >= 11 is 0. The van der Waals surface area contributed by atoms with Crippen molar-refractivity contribution in [1.82, 2.24) is 9.80 Å². The van der Waals surface area contributed by atoms with Crippen LogP contribution >= 0.6 is 0 Å². The molecule has 2 aliphatic rings. The summed E-state index contributed by atoms with van der Waals surface area (Å²) in [5.41, 5.74) is 1.20. The topological polar surface area (TPSA) is 45.1 Å². The molecule has 2 fully saturated rings. The second-order valence-corrected chi connectivity index (χ2v) is 7.76. The molecule has 1 aliphatic carbocycles. The molecule has 1 saturated carbocycles. The first-order chi connectivity index (χ1) is 13.8. The number of carbonyl (C=O) groups excluding carboxylic acids is 1. The summed E-state index contributed by atoms with van der Waals surface area (Å²) in [5, 5.41) is 0.